The zero-order chi connectivity index (χ0) is 17.2. The Bertz CT molecular complexity index is 881. The first-order valence-corrected chi connectivity index (χ1v) is 10.1. The lowest BCUT2D eigenvalue weighted by Gasteiger charge is -2.29. The fourth-order valence-corrected chi connectivity index (χ4v) is 5.20. The highest BCUT2D eigenvalue weighted by Gasteiger charge is 2.25. The lowest BCUT2D eigenvalue weighted by molar-refractivity contribution is 0.754. The van der Waals surface area contributed by atoms with E-state index in [1.807, 2.05) is 11.8 Å². The topological polar surface area (TPSA) is 0 Å². The summed E-state index contributed by atoms with van der Waals surface area (Å²) in [5.41, 5.74) is 8.65. The van der Waals surface area contributed by atoms with Crippen molar-refractivity contribution in [2.45, 2.75) is 39.5 Å². The summed E-state index contributed by atoms with van der Waals surface area (Å²) in [5, 5.41) is 0. The number of benzene rings is 2. The first kappa shape index (κ1) is 16.5. The van der Waals surface area contributed by atoms with Crippen LogP contribution in [-0.2, 0) is 0 Å². The van der Waals surface area contributed by atoms with Crippen LogP contribution in [0.15, 0.2) is 76.7 Å². The maximum atomic E-state index is 2.42. The van der Waals surface area contributed by atoms with Crippen LogP contribution in [0.4, 0.5) is 0 Å². The monoisotopic (exact) mass is 344 g/mol. The van der Waals surface area contributed by atoms with Crippen molar-refractivity contribution in [3.63, 3.8) is 0 Å². The zero-order valence-corrected chi connectivity index (χ0v) is 15.8. The minimum Gasteiger partial charge on any atom is -0.0892 e. The largest absolute Gasteiger partial charge is 0.0892 e. The maximum Gasteiger partial charge on any atom is 0.0201 e. The second-order valence-corrected chi connectivity index (χ2v) is 7.93. The third-order valence-electron chi connectivity index (χ3n) is 5.13. The van der Waals surface area contributed by atoms with Gasteiger partial charge in [0.25, 0.3) is 0 Å². The third-order valence-corrected chi connectivity index (χ3v) is 6.44. The van der Waals surface area contributed by atoms with Crippen LogP contribution >= 0.6 is 11.8 Å². The number of thioether (sulfide) groups is 1. The van der Waals surface area contributed by atoms with Gasteiger partial charge in [-0.15, -0.1) is 0 Å². The molecule has 0 amide bonds. The number of hydrogen-bond donors (Lipinski definition) is 0. The Morgan fingerprint density at radius 1 is 0.920 bits per heavy atom. The van der Waals surface area contributed by atoms with Gasteiger partial charge in [-0.3, -0.25) is 0 Å². The molecule has 1 heterocycles. The molecular formula is C24H24S. The van der Waals surface area contributed by atoms with Gasteiger partial charge in [-0.25, -0.2) is 0 Å². The second-order valence-electron chi connectivity index (χ2n) is 6.88. The van der Waals surface area contributed by atoms with Crippen molar-refractivity contribution in [2.24, 2.45) is 0 Å². The predicted octanol–water partition coefficient (Wildman–Crippen LogP) is 7.38. The van der Waals surface area contributed by atoms with Crippen molar-refractivity contribution in [3.8, 4) is 0 Å². The average molecular weight is 345 g/mol. The Labute approximate surface area is 155 Å². The maximum absolute atomic E-state index is 2.42. The summed E-state index contributed by atoms with van der Waals surface area (Å²) >= 11 is 1.99. The molecule has 0 fully saturated rings. The van der Waals surface area contributed by atoms with E-state index in [4.69, 9.17) is 0 Å². The van der Waals surface area contributed by atoms with Crippen LogP contribution in [0.3, 0.4) is 0 Å². The summed E-state index contributed by atoms with van der Waals surface area (Å²) in [6, 6.07) is 19.8. The number of hydrogen-bond acceptors (Lipinski definition) is 1. The highest BCUT2D eigenvalue weighted by Crippen LogP contribution is 2.51. The van der Waals surface area contributed by atoms with Gasteiger partial charge in [0.1, 0.15) is 0 Å². The molecule has 0 saturated carbocycles. The molecule has 0 saturated heterocycles. The van der Waals surface area contributed by atoms with Gasteiger partial charge in [-0.1, -0.05) is 84.4 Å². The number of allylic oxidation sites excluding steroid dienone is 4. The highest BCUT2D eigenvalue weighted by molar-refractivity contribution is 8.12. The number of rotatable bonds is 3. The van der Waals surface area contributed by atoms with Crippen LogP contribution in [0.25, 0.3) is 10.5 Å². The summed E-state index contributed by atoms with van der Waals surface area (Å²) in [7, 11) is 0. The molecule has 0 nitrogen and oxygen atoms in total. The van der Waals surface area contributed by atoms with Crippen LogP contribution in [0, 0.1) is 6.92 Å². The molecule has 0 atom stereocenters. The molecule has 1 aliphatic carbocycles. The van der Waals surface area contributed by atoms with Crippen molar-refractivity contribution in [1.29, 1.82) is 0 Å². The van der Waals surface area contributed by atoms with Crippen LogP contribution < -0.4 is 0 Å². The minimum absolute atomic E-state index is 1.16. The Hall–Kier alpha value is -1.99. The lowest BCUT2D eigenvalue weighted by Crippen LogP contribution is -2.06. The number of fused-ring (bicyclic) bond motifs is 1. The lowest BCUT2D eigenvalue weighted by atomic mass is 9.87. The molecule has 1 heteroatoms. The zero-order valence-electron chi connectivity index (χ0n) is 15.0. The van der Waals surface area contributed by atoms with E-state index in [2.05, 4.69) is 74.5 Å². The fraction of sp³-hybridized carbons (Fsp3) is 0.250. The summed E-state index contributed by atoms with van der Waals surface area (Å²) in [6.45, 7) is 4.49. The molecule has 2 aromatic carbocycles. The normalized spacial score (nSPS) is 17.4. The van der Waals surface area contributed by atoms with Gasteiger partial charge in [0.05, 0.1) is 0 Å². The van der Waals surface area contributed by atoms with Crippen molar-refractivity contribution >= 4 is 22.2 Å². The van der Waals surface area contributed by atoms with E-state index in [1.165, 1.54) is 46.4 Å². The quantitative estimate of drug-likeness (QED) is 0.559. The Morgan fingerprint density at radius 2 is 1.72 bits per heavy atom. The van der Waals surface area contributed by atoms with E-state index in [-0.39, 0.29) is 0 Å². The summed E-state index contributed by atoms with van der Waals surface area (Å²) in [6.07, 6.45) is 7.33. The van der Waals surface area contributed by atoms with E-state index >= 15 is 0 Å². The standard InChI is InChI=1S/C24H24S/c1-3-18-12-8-14-21-22(20-13-7-9-17(2)15-20)16-23(25-24(18)21)19-10-5-4-6-11-19/h4-7,9-11,13,15-16H,3,8,12,14H2,1-2H3. The smallest absolute Gasteiger partial charge is 0.0201 e. The molecule has 0 spiro atoms. The van der Waals surface area contributed by atoms with Crippen molar-refractivity contribution < 1.29 is 0 Å². The van der Waals surface area contributed by atoms with E-state index in [9.17, 15) is 0 Å². The Morgan fingerprint density at radius 3 is 2.48 bits per heavy atom. The molecule has 4 rings (SSSR count). The van der Waals surface area contributed by atoms with E-state index < -0.39 is 0 Å². The van der Waals surface area contributed by atoms with Gasteiger partial charge in [-0.2, -0.15) is 0 Å². The summed E-state index contributed by atoms with van der Waals surface area (Å²) < 4.78 is 0. The van der Waals surface area contributed by atoms with E-state index in [1.54, 1.807) is 16.1 Å². The molecule has 2 aromatic rings. The van der Waals surface area contributed by atoms with E-state index in [0.717, 1.165) is 6.42 Å². The molecule has 126 valence electrons. The Kier molecular flexibility index (Phi) is 4.67. The molecule has 0 unspecified atom stereocenters. The average Bonchev–Trinajstić information content (AvgIpc) is 2.67. The van der Waals surface area contributed by atoms with Crippen LogP contribution in [0.1, 0.15) is 49.3 Å². The highest BCUT2D eigenvalue weighted by atomic mass is 32.2. The van der Waals surface area contributed by atoms with Crippen LogP contribution in [0.2, 0.25) is 0 Å². The fourth-order valence-electron chi connectivity index (χ4n) is 3.82. The Balaban J connectivity index is 1.92. The van der Waals surface area contributed by atoms with Crippen molar-refractivity contribution in [2.75, 3.05) is 0 Å². The molecule has 0 bridgehead atoms. The van der Waals surface area contributed by atoms with Gasteiger partial charge in [0, 0.05) is 9.81 Å². The molecule has 1 aliphatic heterocycles. The molecule has 25 heavy (non-hydrogen) atoms. The van der Waals surface area contributed by atoms with E-state index in [0.29, 0.717) is 0 Å². The first-order valence-electron chi connectivity index (χ1n) is 9.24. The molecular weight excluding hydrogens is 320 g/mol. The van der Waals surface area contributed by atoms with Crippen molar-refractivity contribution in [3.05, 3.63) is 93.4 Å². The number of aryl methyl sites for hydroxylation is 1. The van der Waals surface area contributed by atoms with Crippen LogP contribution in [0.5, 0.6) is 0 Å². The second kappa shape index (κ2) is 7.09. The van der Waals surface area contributed by atoms with Gasteiger partial charge in [-0.05, 0) is 61.0 Å². The first-order chi connectivity index (χ1) is 12.3. The summed E-state index contributed by atoms with van der Waals surface area (Å²) in [5.74, 6) is 0. The predicted molar refractivity (Wildman–Crippen MR) is 111 cm³/mol. The summed E-state index contributed by atoms with van der Waals surface area (Å²) in [4.78, 5) is 2.93. The van der Waals surface area contributed by atoms with Gasteiger partial charge in [0.2, 0.25) is 0 Å². The molecule has 0 aromatic heterocycles. The molecule has 2 aliphatic rings. The van der Waals surface area contributed by atoms with Gasteiger partial charge < -0.3 is 0 Å². The van der Waals surface area contributed by atoms with Gasteiger partial charge in [0.15, 0.2) is 0 Å². The molecule has 0 N–H and O–H groups in total. The SMILES string of the molecule is CCC1=C2SC(c3ccccc3)=CC(c3cccc(C)c3)=C2CCC1. The van der Waals surface area contributed by atoms with Gasteiger partial charge >= 0.3 is 0 Å². The van der Waals surface area contributed by atoms with Crippen molar-refractivity contribution in [1.82, 2.24) is 0 Å². The molecule has 0 radical (unpaired) electrons. The third kappa shape index (κ3) is 3.26. The van der Waals surface area contributed by atoms with Crippen LogP contribution in [-0.4, -0.2) is 0 Å². The minimum atomic E-state index is 1.16.